The molecule has 0 bridgehead atoms. The Kier molecular flexibility index (Phi) is 3.72. The second-order valence-electron chi connectivity index (χ2n) is 4.62. The van der Waals surface area contributed by atoms with Gasteiger partial charge in [0.15, 0.2) is 0 Å². The summed E-state index contributed by atoms with van der Waals surface area (Å²) in [6.07, 6.45) is 5.43. The SMILES string of the molecule is Nc1ccc(Cl)cc1C(O)C1CCCCC1. The maximum atomic E-state index is 10.3. The van der Waals surface area contributed by atoms with E-state index in [1.54, 1.807) is 18.2 Å². The third kappa shape index (κ3) is 2.50. The predicted molar refractivity (Wildman–Crippen MR) is 67.4 cm³/mol. The largest absolute Gasteiger partial charge is 0.398 e. The lowest BCUT2D eigenvalue weighted by Gasteiger charge is -2.27. The smallest absolute Gasteiger partial charge is 0.0838 e. The van der Waals surface area contributed by atoms with Gasteiger partial charge in [0.2, 0.25) is 0 Å². The van der Waals surface area contributed by atoms with Gasteiger partial charge >= 0.3 is 0 Å². The summed E-state index contributed by atoms with van der Waals surface area (Å²) in [5.41, 5.74) is 7.31. The summed E-state index contributed by atoms with van der Waals surface area (Å²) >= 11 is 5.93. The molecule has 1 aliphatic carbocycles. The molecule has 0 radical (unpaired) electrons. The van der Waals surface area contributed by atoms with Crippen LogP contribution in [0.5, 0.6) is 0 Å². The minimum absolute atomic E-state index is 0.342. The van der Waals surface area contributed by atoms with E-state index in [4.69, 9.17) is 17.3 Å². The summed E-state index contributed by atoms with van der Waals surface area (Å²) in [5.74, 6) is 0.342. The fourth-order valence-electron chi connectivity index (χ4n) is 2.51. The number of nitrogens with two attached hydrogens (primary N) is 1. The molecule has 1 aromatic carbocycles. The van der Waals surface area contributed by atoms with Crippen molar-refractivity contribution in [2.45, 2.75) is 38.2 Å². The molecule has 1 aliphatic rings. The molecule has 3 heteroatoms. The topological polar surface area (TPSA) is 46.2 Å². The van der Waals surface area contributed by atoms with Crippen LogP contribution >= 0.6 is 11.6 Å². The molecule has 1 fully saturated rings. The fourth-order valence-corrected chi connectivity index (χ4v) is 2.69. The van der Waals surface area contributed by atoms with Gasteiger partial charge in [-0.1, -0.05) is 30.9 Å². The van der Waals surface area contributed by atoms with Crippen LogP contribution in [-0.2, 0) is 0 Å². The van der Waals surface area contributed by atoms with Gasteiger partial charge in [-0.25, -0.2) is 0 Å². The lowest BCUT2D eigenvalue weighted by atomic mass is 9.82. The zero-order chi connectivity index (χ0) is 11.5. The Morgan fingerprint density at radius 1 is 1.25 bits per heavy atom. The Morgan fingerprint density at radius 3 is 2.62 bits per heavy atom. The van der Waals surface area contributed by atoms with E-state index in [0.717, 1.165) is 18.4 Å². The molecule has 0 aliphatic heterocycles. The second kappa shape index (κ2) is 5.07. The van der Waals surface area contributed by atoms with Crippen LogP contribution in [0, 0.1) is 5.92 Å². The van der Waals surface area contributed by atoms with E-state index in [-0.39, 0.29) is 0 Å². The lowest BCUT2D eigenvalue weighted by Crippen LogP contribution is -2.17. The first kappa shape index (κ1) is 11.7. The van der Waals surface area contributed by atoms with Crippen molar-refractivity contribution in [2.75, 3.05) is 5.73 Å². The third-order valence-electron chi connectivity index (χ3n) is 3.46. The molecule has 1 aromatic rings. The number of aliphatic hydroxyl groups excluding tert-OH is 1. The van der Waals surface area contributed by atoms with Crippen LogP contribution in [0.1, 0.15) is 43.8 Å². The van der Waals surface area contributed by atoms with Crippen LogP contribution in [0.2, 0.25) is 5.02 Å². The summed E-state index contributed by atoms with van der Waals surface area (Å²) in [7, 11) is 0. The van der Waals surface area contributed by atoms with Crippen molar-refractivity contribution >= 4 is 17.3 Å². The lowest BCUT2D eigenvalue weighted by molar-refractivity contribution is 0.0855. The third-order valence-corrected chi connectivity index (χ3v) is 3.70. The monoisotopic (exact) mass is 239 g/mol. The van der Waals surface area contributed by atoms with Crippen molar-refractivity contribution in [1.29, 1.82) is 0 Å². The molecule has 88 valence electrons. The van der Waals surface area contributed by atoms with Crippen LogP contribution in [0.15, 0.2) is 18.2 Å². The van der Waals surface area contributed by atoms with Crippen LogP contribution < -0.4 is 5.73 Å². The predicted octanol–water partition coefficient (Wildman–Crippen LogP) is 3.54. The maximum Gasteiger partial charge on any atom is 0.0838 e. The average Bonchev–Trinajstić information content (AvgIpc) is 2.32. The fraction of sp³-hybridized carbons (Fsp3) is 0.538. The average molecular weight is 240 g/mol. The van der Waals surface area contributed by atoms with Crippen LogP contribution in [0.3, 0.4) is 0 Å². The molecule has 0 aromatic heterocycles. The minimum atomic E-state index is -0.459. The first-order chi connectivity index (χ1) is 7.68. The van der Waals surface area contributed by atoms with Crippen molar-refractivity contribution < 1.29 is 5.11 Å². The highest BCUT2D eigenvalue weighted by molar-refractivity contribution is 6.30. The maximum absolute atomic E-state index is 10.3. The van der Waals surface area contributed by atoms with Gasteiger partial charge < -0.3 is 10.8 Å². The number of benzene rings is 1. The highest BCUT2D eigenvalue weighted by atomic mass is 35.5. The van der Waals surface area contributed by atoms with Gasteiger partial charge in [-0.2, -0.15) is 0 Å². The summed E-state index contributed by atoms with van der Waals surface area (Å²) in [6.45, 7) is 0. The molecule has 0 saturated heterocycles. The van der Waals surface area contributed by atoms with Crippen molar-refractivity contribution in [3.05, 3.63) is 28.8 Å². The zero-order valence-electron chi connectivity index (χ0n) is 9.32. The molecule has 2 nitrogen and oxygen atoms in total. The van der Waals surface area contributed by atoms with Crippen LogP contribution in [0.25, 0.3) is 0 Å². The van der Waals surface area contributed by atoms with Crippen molar-refractivity contribution in [1.82, 2.24) is 0 Å². The van der Waals surface area contributed by atoms with Gasteiger partial charge in [-0.15, -0.1) is 0 Å². The molecule has 0 heterocycles. The highest BCUT2D eigenvalue weighted by Gasteiger charge is 2.24. The van der Waals surface area contributed by atoms with E-state index in [1.807, 2.05) is 0 Å². The van der Waals surface area contributed by atoms with Crippen molar-refractivity contribution in [3.8, 4) is 0 Å². The van der Waals surface area contributed by atoms with E-state index >= 15 is 0 Å². The van der Waals surface area contributed by atoms with E-state index in [9.17, 15) is 5.11 Å². The Morgan fingerprint density at radius 2 is 1.94 bits per heavy atom. The molecule has 1 saturated carbocycles. The molecule has 0 spiro atoms. The number of aliphatic hydroxyl groups is 1. The minimum Gasteiger partial charge on any atom is -0.398 e. The molecule has 1 unspecified atom stereocenters. The number of anilines is 1. The summed E-state index contributed by atoms with van der Waals surface area (Å²) in [6, 6.07) is 5.31. The second-order valence-corrected chi connectivity index (χ2v) is 5.05. The van der Waals surface area contributed by atoms with E-state index in [1.165, 1.54) is 19.3 Å². The number of rotatable bonds is 2. The van der Waals surface area contributed by atoms with Crippen molar-refractivity contribution in [2.24, 2.45) is 5.92 Å². The van der Waals surface area contributed by atoms with Crippen molar-refractivity contribution in [3.63, 3.8) is 0 Å². The van der Waals surface area contributed by atoms with Gasteiger partial charge in [-0.3, -0.25) is 0 Å². The molecule has 0 amide bonds. The Labute approximate surface area is 101 Å². The number of hydrogen-bond acceptors (Lipinski definition) is 2. The molecule has 3 N–H and O–H groups in total. The first-order valence-corrected chi connectivity index (χ1v) is 6.29. The summed E-state index contributed by atoms with van der Waals surface area (Å²) in [5, 5.41) is 10.9. The molecule has 1 atom stereocenters. The van der Waals surface area contributed by atoms with Gasteiger partial charge in [-0.05, 0) is 37.0 Å². The molecular formula is C13H18ClNO. The standard InChI is InChI=1S/C13H18ClNO/c14-10-6-7-12(15)11(8-10)13(16)9-4-2-1-3-5-9/h6-9,13,16H,1-5,15H2. The van der Waals surface area contributed by atoms with Gasteiger partial charge in [0, 0.05) is 16.3 Å². The number of nitrogen functional groups attached to an aromatic ring is 1. The number of hydrogen-bond donors (Lipinski definition) is 2. The Hall–Kier alpha value is -0.730. The van der Waals surface area contributed by atoms with E-state index < -0.39 is 6.10 Å². The van der Waals surface area contributed by atoms with Crippen LogP contribution in [-0.4, -0.2) is 5.11 Å². The van der Waals surface area contributed by atoms with E-state index in [0.29, 0.717) is 16.6 Å². The molecular weight excluding hydrogens is 222 g/mol. The van der Waals surface area contributed by atoms with Crippen LogP contribution in [0.4, 0.5) is 5.69 Å². The summed E-state index contributed by atoms with van der Waals surface area (Å²) in [4.78, 5) is 0. The Balaban J connectivity index is 2.18. The normalized spacial score (nSPS) is 19.6. The first-order valence-electron chi connectivity index (χ1n) is 5.91. The molecule has 2 rings (SSSR count). The highest BCUT2D eigenvalue weighted by Crippen LogP contribution is 2.37. The Bertz CT molecular complexity index is 361. The van der Waals surface area contributed by atoms with E-state index in [2.05, 4.69) is 0 Å². The number of halogens is 1. The van der Waals surface area contributed by atoms with Gasteiger partial charge in [0.05, 0.1) is 6.10 Å². The molecule has 16 heavy (non-hydrogen) atoms. The van der Waals surface area contributed by atoms with Gasteiger partial charge in [0.25, 0.3) is 0 Å². The quantitative estimate of drug-likeness (QED) is 0.776. The zero-order valence-corrected chi connectivity index (χ0v) is 10.1. The summed E-state index contributed by atoms with van der Waals surface area (Å²) < 4.78 is 0. The van der Waals surface area contributed by atoms with Gasteiger partial charge in [0.1, 0.15) is 0 Å².